The maximum absolute atomic E-state index is 10.7. The van der Waals surface area contributed by atoms with Gasteiger partial charge >= 0.3 is 33.0 Å². The van der Waals surface area contributed by atoms with E-state index in [1.54, 1.807) is 16.4 Å². The fraction of sp³-hybridized carbons (Fsp3) is 0.889. The molecular weight excluding hydrogens is 351 g/mol. The zero-order valence-electron chi connectivity index (χ0n) is 13.5. The summed E-state index contributed by atoms with van der Waals surface area (Å²) in [7, 11) is -5.29. The van der Waals surface area contributed by atoms with E-state index in [-0.39, 0.29) is 11.5 Å². The van der Waals surface area contributed by atoms with E-state index >= 15 is 0 Å². The topological polar surface area (TPSA) is 71.3 Å². The van der Waals surface area contributed by atoms with E-state index in [0.717, 1.165) is 5.82 Å². The van der Waals surface area contributed by atoms with Gasteiger partial charge in [0.05, 0.1) is 21.1 Å². The predicted octanol–water partition coefficient (Wildman–Crippen LogP) is 3.70. The van der Waals surface area contributed by atoms with E-state index in [4.69, 9.17) is 0 Å². The van der Waals surface area contributed by atoms with Gasteiger partial charge < -0.3 is 0 Å². The van der Waals surface area contributed by atoms with E-state index in [1.165, 1.54) is 0 Å². The Hall–Kier alpha value is -1.52. The average molecular weight is 371 g/mol. The molecule has 1 heterocycles. The molecule has 0 aromatic carbocycles. The van der Waals surface area contributed by atoms with Crippen LogP contribution >= 0.6 is 7.81 Å². The van der Waals surface area contributed by atoms with Gasteiger partial charge in [-0.3, -0.25) is 5.43 Å². The summed E-state index contributed by atoms with van der Waals surface area (Å²) in [5.74, 6) is 0.958. The molecule has 1 unspecified atom stereocenters. The number of nitrogens with zero attached hydrogens (tertiary/aromatic N) is 6. The molecule has 0 bridgehead atoms. The summed E-state index contributed by atoms with van der Waals surface area (Å²) < 4.78 is 62.7. The molecule has 1 atom stereocenters. The summed E-state index contributed by atoms with van der Waals surface area (Å²) in [5.41, 5.74) is 3.02. The summed E-state index contributed by atoms with van der Waals surface area (Å²) >= 11 is 0. The minimum absolute atomic E-state index is 0.00111. The molecule has 138 valence electrons. The Balaban J connectivity index is 0.000000585. The summed E-state index contributed by atoms with van der Waals surface area (Å²) in [4.78, 5) is 0. The van der Waals surface area contributed by atoms with E-state index in [2.05, 4.69) is 47.0 Å². The van der Waals surface area contributed by atoms with Crippen molar-refractivity contribution in [1.82, 2.24) is 20.5 Å². The van der Waals surface area contributed by atoms with Crippen molar-refractivity contribution in [1.29, 1.82) is 0 Å². The van der Waals surface area contributed by atoms with Crippen LogP contribution in [0.5, 0.6) is 0 Å². The van der Waals surface area contributed by atoms with Crippen LogP contribution in [0.1, 0.15) is 32.6 Å². The molecule has 1 rings (SSSR count). The standard InChI is InChI=1S/C9H20N7.F6P/c1-9(2,3)7(11-12-10-4)8-15(5)13-14-16(8)6;1-7(2,3,4,5)6/h7H,1-6H3,(H,10,11);/q+1;-1. The van der Waals surface area contributed by atoms with Gasteiger partial charge in [0, 0.05) is 0 Å². The Bertz CT molecular complexity index is 528. The van der Waals surface area contributed by atoms with Gasteiger partial charge in [0.25, 0.3) is 5.82 Å². The van der Waals surface area contributed by atoms with E-state index < -0.39 is 7.81 Å². The Morgan fingerprint density at radius 2 is 1.61 bits per heavy atom. The zero-order chi connectivity index (χ0) is 18.8. The van der Waals surface area contributed by atoms with Crippen LogP contribution < -0.4 is 10.1 Å². The molecule has 0 fully saturated rings. The van der Waals surface area contributed by atoms with Gasteiger partial charge in [-0.2, -0.15) is 5.11 Å². The summed E-state index contributed by atoms with van der Waals surface area (Å²) in [5, 5.41) is 15.5. The molecule has 0 saturated carbocycles. The number of nitrogens with one attached hydrogen (secondary N) is 1. The summed E-state index contributed by atoms with van der Waals surface area (Å²) in [6, 6.07) is 0.00111. The van der Waals surface area contributed by atoms with Crippen LogP contribution in [0.2, 0.25) is 0 Å². The molecule has 1 aromatic rings. The van der Waals surface area contributed by atoms with Crippen LogP contribution in [0.3, 0.4) is 0 Å². The van der Waals surface area contributed by atoms with Gasteiger partial charge in [-0.05, 0) is 5.41 Å². The second-order valence-electron chi connectivity index (χ2n) is 5.77. The van der Waals surface area contributed by atoms with Crippen molar-refractivity contribution < 1.29 is 29.9 Å². The molecule has 0 spiro atoms. The van der Waals surface area contributed by atoms with E-state index in [9.17, 15) is 25.2 Å². The third-order valence-corrected chi connectivity index (χ3v) is 2.38. The van der Waals surface area contributed by atoms with Crippen LogP contribution in [0.4, 0.5) is 25.2 Å². The molecule has 23 heavy (non-hydrogen) atoms. The predicted molar refractivity (Wildman–Crippen MR) is 71.9 cm³/mol. The average Bonchev–Trinajstić information content (AvgIpc) is 2.55. The molecular formula is C9H20F6N7P. The van der Waals surface area contributed by atoms with Crippen LogP contribution in [0.25, 0.3) is 0 Å². The maximum atomic E-state index is 9.87. The Morgan fingerprint density at radius 3 is 1.87 bits per heavy atom. The van der Waals surface area contributed by atoms with Gasteiger partial charge in [-0.1, -0.05) is 30.7 Å². The molecule has 7 nitrogen and oxygen atoms in total. The van der Waals surface area contributed by atoms with Gasteiger partial charge in [-0.25, -0.2) is 0 Å². The fourth-order valence-electron chi connectivity index (χ4n) is 1.55. The van der Waals surface area contributed by atoms with Crippen molar-refractivity contribution in [3.8, 4) is 0 Å². The normalized spacial score (nSPS) is 17.0. The monoisotopic (exact) mass is 371 g/mol. The van der Waals surface area contributed by atoms with E-state index in [1.807, 2.05) is 14.1 Å². The first-order valence-corrected chi connectivity index (χ1v) is 8.22. The number of halogens is 6. The Labute approximate surface area is 128 Å². The molecule has 0 amide bonds. The first-order valence-electron chi connectivity index (χ1n) is 6.19. The molecule has 0 aliphatic carbocycles. The SMILES string of the molecule is CN=NNC(c1n(C)nn[n+]1C)C(C)(C)C.F[P-](F)(F)(F)(F)F. The third kappa shape index (κ3) is 10.8. The first-order chi connectivity index (χ1) is 9.82. The summed E-state index contributed by atoms with van der Waals surface area (Å²) in [6.07, 6.45) is 0. The van der Waals surface area contributed by atoms with Gasteiger partial charge in [0.2, 0.25) is 0 Å². The molecule has 0 aliphatic heterocycles. The van der Waals surface area contributed by atoms with Crippen molar-refractivity contribution in [2.45, 2.75) is 26.8 Å². The number of tetrazole rings is 1. The number of aromatic nitrogens is 4. The van der Waals surface area contributed by atoms with Crippen molar-refractivity contribution in [3.63, 3.8) is 0 Å². The zero-order valence-corrected chi connectivity index (χ0v) is 14.4. The second kappa shape index (κ2) is 5.84. The number of hydrogen-bond donors (Lipinski definition) is 1. The number of rotatable bonds is 3. The quantitative estimate of drug-likeness (QED) is 0.290. The third-order valence-electron chi connectivity index (χ3n) is 2.38. The number of aryl methyl sites for hydroxylation is 2. The van der Waals surface area contributed by atoms with Crippen molar-refractivity contribution >= 4 is 7.81 Å². The first kappa shape index (κ1) is 21.5. The van der Waals surface area contributed by atoms with Gasteiger partial charge in [0.15, 0.2) is 5.21 Å². The van der Waals surface area contributed by atoms with Crippen molar-refractivity contribution in [3.05, 3.63) is 5.82 Å². The molecule has 1 N–H and O–H groups in total. The Kier molecular flexibility index (Phi) is 5.45. The molecule has 0 saturated heterocycles. The molecule has 1 aromatic heterocycles. The van der Waals surface area contributed by atoms with Crippen LogP contribution in [0.15, 0.2) is 10.3 Å². The van der Waals surface area contributed by atoms with Crippen LogP contribution in [-0.2, 0) is 14.1 Å². The molecule has 0 radical (unpaired) electrons. The van der Waals surface area contributed by atoms with Crippen LogP contribution in [-0.4, -0.2) is 22.2 Å². The number of hydrogen-bond acceptors (Lipinski definition) is 4. The van der Waals surface area contributed by atoms with Crippen molar-refractivity contribution in [2.24, 2.45) is 29.8 Å². The van der Waals surface area contributed by atoms with Gasteiger partial charge in [0.1, 0.15) is 11.3 Å². The summed E-state index contributed by atoms with van der Waals surface area (Å²) in [6.45, 7) is 6.38. The van der Waals surface area contributed by atoms with Crippen molar-refractivity contribution in [2.75, 3.05) is 7.05 Å². The fourth-order valence-corrected chi connectivity index (χ4v) is 1.55. The van der Waals surface area contributed by atoms with E-state index in [0.29, 0.717) is 0 Å². The van der Waals surface area contributed by atoms with Crippen LogP contribution in [0, 0.1) is 5.41 Å². The minimum atomic E-state index is -10.7. The molecule has 0 aliphatic rings. The second-order valence-corrected chi connectivity index (χ2v) is 7.69. The van der Waals surface area contributed by atoms with Gasteiger partial charge in [-0.15, -0.1) is 4.68 Å². The Morgan fingerprint density at radius 1 is 1.17 bits per heavy atom. The molecule has 14 heteroatoms.